The molecule has 3 rings (SSSR count). The fraction of sp³-hybridized carbons (Fsp3) is 0.941. The van der Waals surface area contributed by atoms with Gasteiger partial charge in [0.1, 0.15) is 0 Å². The van der Waals surface area contributed by atoms with Crippen LogP contribution in [0.5, 0.6) is 0 Å². The second kappa shape index (κ2) is 7.20. The zero-order valence-electron chi connectivity index (χ0n) is 12.9. The molecule has 2 nitrogen and oxygen atoms in total. The number of nitrogens with zero attached hydrogens (tertiary/aromatic N) is 1. The van der Waals surface area contributed by atoms with E-state index in [4.69, 9.17) is 4.99 Å². The summed E-state index contributed by atoms with van der Waals surface area (Å²) in [5.74, 6) is 3.06. The van der Waals surface area contributed by atoms with Crippen molar-refractivity contribution in [3.05, 3.63) is 0 Å². The zero-order chi connectivity index (χ0) is 13.8. The van der Waals surface area contributed by atoms with E-state index in [1.165, 1.54) is 75.1 Å². The van der Waals surface area contributed by atoms with Crippen molar-refractivity contribution in [2.75, 3.05) is 5.75 Å². The van der Waals surface area contributed by atoms with Gasteiger partial charge in [0.05, 0.1) is 6.04 Å². The van der Waals surface area contributed by atoms with Crippen molar-refractivity contribution in [1.29, 1.82) is 0 Å². The SMILES string of the molecule is CCC(NC1=NC2CCCCC2CS1)C1CCCCC1. The lowest BCUT2D eigenvalue weighted by Gasteiger charge is -2.36. The highest BCUT2D eigenvalue weighted by Gasteiger charge is 2.30. The van der Waals surface area contributed by atoms with Crippen LogP contribution in [0.2, 0.25) is 0 Å². The number of hydrogen-bond acceptors (Lipinski definition) is 3. The zero-order valence-corrected chi connectivity index (χ0v) is 13.8. The van der Waals surface area contributed by atoms with Crippen LogP contribution in [0.15, 0.2) is 4.99 Å². The number of aliphatic imine (C=N–C) groups is 1. The van der Waals surface area contributed by atoms with Crippen LogP contribution in [0.25, 0.3) is 0 Å². The summed E-state index contributed by atoms with van der Waals surface area (Å²) in [6, 6.07) is 1.30. The van der Waals surface area contributed by atoms with Crippen LogP contribution in [0.3, 0.4) is 0 Å². The quantitative estimate of drug-likeness (QED) is 0.823. The molecule has 2 fully saturated rings. The summed E-state index contributed by atoms with van der Waals surface area (Å²) in [4.78, 5) is 5.05. The van der Waals surface area contributed by atoms with Crippen molar-refractivity contribution in [3.63, 3.8) is 0 Å². The first-order valence-corrected chi connectivity index (χ1v) is 9.82. The van der Waals surface area contributed by atoms with Crippen LogP contribution in [0, 0.1) is 11.8 Å². The average molecular weight is 295 g/mol. The lowest BCUT2D eigenvalue weighted by molar-refractivity contribution is 0.283. The third kappa shape index (κ3) is 3.52. The Morgan fingerprint density at radius 2 is 1.85 bits per heavy atom. The van der Waals surface area contributed by atoms with E-state index in [9.17, 15) is 0 Å². The maximum Gasteiger partial charge on any atom is 0.157 e. The molecule has 2 saturated carbocycles. The Kier molecular flexibility index (Phi) is 5.30. The Hall–Kier alpha value is -0.180. The summed E-state index contributed by atoms with van der Waals surface area (Å²) in [5.41, 5.74) is 0. The van der Waals surface area contributed by atoms with Crippen LogP contribution < -0.4 is 5.32 Å². The van der Waals surface area contributed by atoms with Crippen molar-refractivity contribution in [3.8, 4) is 0 Å². The summed E-state index contributed by atoms with van der Waals surface area (Å²) in [6.45, 7) is 2.34. The van der Waals surface area contributed by atoms with Crippen LogP contribution in [-0.2, 0) is 0 Å². The van der Waals surface area contributed by atoms with Crippen LogP contribution in [0.4, 0.5) is 0 Å². The molecule has 1 N–H and O–H groups in total. The first-order chi connectivity index (χ1) is 9.86. The molecule has 3 aliphatic rings. The van der Waals surface area contributed by atoms with Gasteiger partial charge in [0.25, 0.3) is 0 Å². The Labute approximate surface area is 128 Å². The van der Waals surface area contributed by atoms with E-state index in [2.05, 4.69) is 12.2 Å². The number of hydrogen-bond donors (Lipinski definition) is 1. The maximum absolute atomic E-state index is 5.05. The predicted octanol–water partition coefficient (Wildman–Crippen LogP) is 4.60. The lowest BCUT2D eigenvalue weighted by atomic mass is 9.83. The number of amidine groups is 1. The molecule has 2 aliphatic carbocycles. The summed E-state index contributed by atoms with van der Waals surface area (Å²) < 4.78 is 0. The molecule has 0 radical (unpaired) electrons. The molecular formula is C17H30N2S. The molecule has 0 spiro atoms. The summed E-state index contributed by atoms with van der Waals surface area (Å²) in [7, 11) is 0. The third-order valence-electron chi connectivity index (χ3n) is 5.55. The van der Waals surface area contributed by atoms with Crippen LogP contribution >= 0.6 is 11.8 Å². The van der Waals surface area contributed by atoms with Gasteiger partial charge in [0, 0.05) is 11.8 Å². The van der Waals surface area contributed by atoms with E-state index in [1.54, 1.807) is 0 Å². The second-order valence-corrected chi connectivity index (χ2v) is 7.92. The molecule has 114 valence electrons. The average Bonchev–Trinajstić information content (AvgIpc) is 2.53. The molecule has 1 heterocycles. The van der Waals surface area contributed by atoms with Crippen molar-refractivity contribution in [2.24, 2.45) is 16.8 Å². The number of fused-ring (bicyclic) bond motifs is 1. The minimum Gasteiger partial charge on any atom is -0.362 e. The van der Waals surface area contributed by atoms with Gasteiger partial charge < -0.3 is 5.32 Å². The molecule has 3 heteroatoms. The van der Waals surface area contributed by atoms with Gasteiger partial charge in [-0.25, -0.2) is 0 Å². The lowest BCUT2D eigenvalue weighted by Crippen LogP contribution is -2.42. The van der Waals surface area contributed by atoms with Gasteiger partial charge in [-0.1, -0.05) is 50.8 Å². The van der Waals surface area contributed by atoms with Gasteiger partial charge in [0.15, 0.2) is 5.17 Å². The Balaban J connectivity index is 1.59. The molecule has 0 aromatic rings. The molecule has 0 saturated heterocycles. The van der Waals surface area contributed by atoms with E-state index in [0.29, 0.717) is 12.1 Å². The van der Waals surface area contributed by atoms with E-state index in [-0.39, 0.29) is 0 Å². The minimum atomic E-state index is 0.636. The first-order valence-electron chi connectivity index (χ1n) is 8.84. The van der Waals surface area contributed by atoms with E-state index >= 15 is 0 Å². The maximum atomic E-state index is 5.05. The van der Waals surface area contributed by atoms with Crippen molar-refractivity contribution in [1.82, 2.24) is 5.32 Å². The molecule has 0 aromatic carbocycles. The molecular weight excluding hydrogens is 264 g/mol. The molecule has 3 unspecified atom stereocenters. The molecule has 0 bridgehead atoms. The standard InChI is InChI=1S/C17H30N2S/c1-2-15(13-8-4-3-5-9-13)18-17-19-16-11-7-6-10-14(16)12-20-17/h13-16H,2-12H2,1H3,(H,18,19). The van der Waals surface area contributed by atoms with Gasteiger partial charge in [-0.05, 0) is 43.9 Å². The first kappa shape index (κ1) is 14.7. The van der Waals surface area contributed by atoms with E-state index < -0.39 is 0 Å². The summed E-state index contributed by atoms with van der Waals surface area (Å²) in [6.07, 6.45) is 14.0. The van der Waals surface area contributed by atoms with Gasteiger partial charge in [-0.2, -0.15) is 0 Å². The highest BCUT2D eigenvalue weighted by molar-refractivity contribution is 8.13. The van der Waals surface area contributed by atoms with Gasteiger partial charge in [0.2, 0.25) is 0 Å². The smallest absolute Gasteiger partial charge is 0.157 e. The second-order valence-electron chi connectivity index (χ2n) is 6.91. The Morgan fingerprint density at radius 3 is 2.65 bits per heavy atom. The van der Waals surface area contributed by atoms with Gasteiger partial charge in [-0.15, -0.1) is 0 Å². The minimum absolute atomic E-state index is 0.636. The highest BCUT2D eigenvalue weighted by Crippen LogP contribution is 2.34. The van der Waals surface area contributed by atoms with Gasteiger partial charge >= 0.3 is 0 Å². The number of thioether (sulfide) groups is 1. The van der Waals surface area contributed by atoms with Crippen molar-refractivity contribution < 1.29 is 0 Å². The van der Waals surface area contributed by atoms with E-state index in [0.717, 1.165) is 11.8 Å². The monoisotopic (exact) mass is 294 g/mol. The van der Waals surface area contributed by atoms with Crippen LogP contribution in [-0.4, -0.2) is 23.0 Å². The molecule has 20 heavy (non-hydrogen) atoms. The molecule has 0 amide bonds. The fourth-order valence-corrected chi connectivity index (χ4v) is 5.46. The molecule has 0 aromatic heterocycles. The summed E-state index contributed by atoms with van der Waals surface area (Å²) >= 11 is 2.00. The van der Waals surface area contributed by atoms with Crippen LogP contribution in [0.1, 0.15) is 71.1 Å². The normalized spacial score (nSPS) is 33.1. The highest BCUT2D eigenvalue weighted by atomic mass is 32.2. The fourth-order valence-electron chi connectivity index (χ4n) is 4.25. The number of nitrogens with one attached hydrogen (secondary N) is 1. The van der Waals surface area contributed by atoms with Gasteiger partial charge in [-0.3, -0.25) is 4.99 Å². The van der Waals surface area contributed by atoms with E-state index in [1.807, 2.05) is 11.8 Å². The predicted molar refractivity (Wildman–Crippen MR) is 89.4 cm³/mol. The summed E-state index contributed by atoms with van der Waals surface area (Å²) in [5, 5.41) is 5.09. The molecule has 3 atom stereocenters. The Morgan fingerprint density at radius 1 is 1.10 bits per heavy atom. The van der Waals surface area contributed by atoms with Crippen molar-refractivity contribution in [2.45, 2.75) is 83.2 Å². The van der Waals surface area contributed by atoms with Crippen molar-refractivity contribution >= 4 is 16.9 Å². The topological polar surface area (TPSA) is 24.4 Å². The molecule has 1 aliphatic heterocycles. The third-order valence-corrected chi connectivity index (χ3v) is 6.65. The number of rotatable bonds is 3. The Bertz CT molecular complexity index is 336. The largest absolute Gasteiger partial charge is 0.362 e.